The Hall–Kier alpha value is -0.770. The van der Waals surface area contributed by atoms with E-state index in [0.29, 0.717) is 28.9 Å². The standard InChI is InChI=1S/C14H18Cl2N2O/c1-18(11-7-8-17-9-11)13(19)6-5-10-3-2-4-12(15)14(10)16/h2-4,11,17H,5-9H2,1H3. The van der Waals surface area contributed by atoms with Gasteiger partial charge in [0.05, 0.1) is 10.0 Å². The second-order valence-electron chi connectivity index (χ2n) is 4.86. The van der Waals surface area contributed by atoms with Gasteiger partial charge in [-0.3, -0.25) is 4.79 Å². The molecule has 0 spiro atoms. The lowest BCUT2D eigenvalue weighted by molar-refractivity contribution is -0.131. The van der Waals surface area contributed by atoms with E-state index in [1.54, 1.807) is 6.07 Å². The van der Waals surface area contributed by atoms with Gasteiger partial charge in [-0.15, -0.1) is 0 Å². The quantitative estimate of drug-likeness (QED) is 0.927. The van der Waals surface area contributed by atoms with Crippen molar-refractivity contribution >= 4 is 29.1 Å². The summed E-state index contributed by atoms with van der Waals surface area (Å²) in [5.74, 6) is 0.157. The molecule has 1 aromatic carbocycles. The number of likely N-dealkylation sites (N-methyl/N-ethyl adjacent to an activating group) is 1. The smallest absolute Gasteiger partial charge is 0.222 e. The third-order valence-electron chi connectivity index (χ3n) is 3.62. The maximum Gasteiger partial charge on any atom is 0.222 e. The summed E-state index contributed by atoms with van der Waals surface area (Å²) in [6, 6.07) is 5.85. The third kappa shape index (κ3) is 3.62. The highest BCUT2D eigenvalue weighted by Gasteiger charge is 2.22. The topological polar surface area (TPSA) is 32.3 Å². The number of hydrogen-bond donors (Lipinski definition) is 1. The molecule has 1 atom stereocenters. The van der Waals surface area contributed by atoms with Crippen molar-refractivity contribution in [1.29, 1.82) is 0 Å². The van der Waals surface area contributed by atoms with Gasteiger partial charge in [0.1, 0.15) is 0 Å². The molecule has 1 saturated heterocycles. The van der Waals surface area contributed by atoms with Gasteiger partial charge in [0.2, 0.25) is 5.91 Å². The van der Waals surface area contributed by atoms with Gasteiger partial charge < -0.3 is 10.2 Å². The first-order valence-electron chi connectivity index (χ1n) is 6.49. The lowest BCUT2D eigenvalue weighted by atomic mass is 10.1. The molecule has 3 nitrogen and oxygen atoms in total. The highest BCUT2D eigenvalue weighted by molar-refractivity contribution is 6.42. The van der Waals surface area contributed by atoms with Crippen molar-refractivity contribution in [2.24, 2.45) is 0 Å². The van der Waals surface area contributed by atoms with E-state index in [1.165, 1.54) is 0 Å². The van der Waals surface area contributed by atoms with Crippen LogP contribution in [0.4, 0.5) is 0 Å². The van der Waals surface area contributed by atoms with E-state index in [4.69, 9.17) is 23.2 Å². The van der Waals surface area contributed by atoms with Crippen LogP contribution in [-0.4, -0.2) is 37.0 Å². The summed E-state index contributed by atoms with van der Waals surface area (Å²) in [4.78, 5) is 14.0. The van der Waals surface area contributed by atoms with Crippen LogP contribution in [0, 0.1) is 0 Å². The van der Waals surface area contributed by atoms with E-state index >= 15 is 0 Å². The van der Waals surface area contributed by atoms with Crippen molar-refractivity contribution < 1.29 is 4.79 Å². The fourth-order valence-electron chi connectivity index (χ4n) is 2.33. The molecule has 0 aliphatic carbocycles. The van der Waals surface area contributed by atoms with Gasteiger partial charge in [0, 0.05) is 26.1 Å². The molecule has 1 aromatic rings. The van der Waals surface area contributed by atoms with Gasteiger partial charge in [-0.25, -0.2) is 0 Å². The van der Waals surface area contributed by atoms with Gasteiger partial charge in [-0.2, -0.15) is 0 Å². The number of benzene rings is 1. The monoisotopic (exact) mass is 300 g/mol. The number of carbonyl (C=O) groups excluding carboxylic acids is 1. The number of rotatable bonds is 4. The van der Waals surface area contributed by atoms with Crippen molar-refractivity contribution in [2.75, 3.05) is 20.1 Å². The van der Waals surface area contributed by atoms with E-state index in [-0.39, 0.29) is 5.91 Å². The molecular weight excluding hydrogens is 283 g/mol. The molecule has 1 aliphatic heterocycles. The fraction of sp³-hybridized carbons (Fsp3) is 0.500. The Bertz CT molecular complexity index is 459. The lowest BCUT2D eigenvalue weighted by Gasteiger charge is -2.23. The van der Waals surface area contributed by atoms with E-state index in [0.717, 1.165) is 25.1 Å². The molecule has 1 aliphatic rings. The third-order valence-corrected chi connectivity index (χ3v) is 4.47. The van der Waals surface area contributed by atoms with Crippen LogP contribution in [0.5, 0.6) is 0 Å². The van der Waals surface area contributed by atoms with Crippen molar-refractivity contribution in [3.05, 3.63) is 33.8 Å². The highest BCUT2D eigenvalue weighted by atomic mass is 35.5. The Kier molecular flexibility index (Phi) is 5.08. The van der Waals surface area contributed by atoms with E-state index in [2.05, 4.69) is 5.32 Å². The molecule has 0 radical (unpaired) electrons. The Balaban J connectivity index is 1.91. The van der Waals surface area contributed by atoms with Gasteiger partial charge in [-0.05, 0) is 31.0 Å². The van der Waals surface area contributed by atoms with Crippen molar-refractivity contribution in [2.45, 2.75) is 25.3 Å². The first-order chi connectivity index (χ1) is 9.09. The number of halogens is 2. The molecule has 1 heterocycles. The average molecular weight is 301 g/mol. The van der Waals surface area contributed by atoms with Crippen LogP contribution in [-0.2, 0) is 11.2 Å². The zero-order valence-corrected chi connectivity index (χ0v) is 12.5. The van der Waals surface area contributed by atoms with Crippen LogP contribution in [0.25, 0.3) is 0 Å². The van der Waals surface area contributed by atoms with Gasteiger partial charge >= 0.3 is 0 Å². The molecule has 1 N–H and O–H groups in total. The SMILES string of the molecule is CN(C(=O)CCc1cccc(Cl)c1Cl)C1CCNC1. The second-order valence-corrected chi connectivity index (χ2v) is 5.65. The van der Waals surface area contributed by atoms with Crippen molar-refractivity contribution in [3.8, 4) is 0 Å². The summed E-state index contributed by atoms with van der Waals surface area (Å²) in [6.07, 6.45) is 2.12. The Morgan fingerprint density at radius 1 is 1.47 bits per heavy atom. The number of nitrogens with one attached hydrogen (secondary N) is 1. The summed E-state index contributed by atoms with van der Waals surface area (Å²) in [7, 11) is 1.87. The summed E-state index contributed by atoms with van der Waals surface area (Å²) in [6.45, 7) is 1.88. The van der Waals surface area contributed by atoms with Gasteiger partial charge in [0.25, 0.3) is 0 Å². The minimum atomic E-state index is 0.157. The van der Waals surface area contributed by atoms with Gasteiger partial charge in [0.15, 0.2) is 0 Å². The zero-order valence-electron chi connectivity index (χ0n) is 11.0. The van der Waals surface area contributed by atoms with Crippen LogP contribution in [0.15, 0.2) is 18.2 Å². The van der Waals surface area contributed by atoms with Crippen molar-refractivity contribution in [1.82, 2.24) is 10.2 Å². The molecule has 1 amide bonds. The Morgan fingerprint density at radius 2 is 2.26 bits per heavy atom. The Morgan fingerprint density at radius 3 is 2.95 bits per heavy atom. The maximum absolute atomic E-state index is 12.1. The average Bonchev–Trinajstić information content (AvgIpc) is 2.93. The summed E-state index contributed by atoms with van der Waals surface area (Å²) < 4.78 is 0. The van der Waals surface area contributed by atoms with E-state index in [9.17, 15) is 4.79 Å². The summed E-state index contributed by atoms with van der Waals surface area (Å²) >= 11 is 12.1. The van der Waals surface area contributed by atoms with Gasteiger partial charge in [-0.1, -0.05) is 35.3 Å². The lowest BCUT2D eigenvalue weighted by Crippen LogP contribution is -2.38. The largest absolute Gasteiger partial charge is 0.341 e. The molecule has 5 heteroatoms. The molecule has 0 saturated carbocycles. The molecule has 104 valence electrons. The highest BCUT2D eigenvalue weighted by Crippen LogP contribution is 2.26. The number of nitrogens with zero attached hydrogens (tertiary/aromatic N) is 1. The fourth-order valence-corrected chi connectivity index (χ4v) is 2.75. The summed E-state index contributed by atoms with van der Waals surface area (Å²) in [5, 5.41) is 4.37. The molecule has 0 aromatic heterocycles. The minimum Gasteiger partial charge on any atom is -0.341 e. The van der Waals surface area contributed by atoms with E-state index < -0.39 is 0 Å². The van der Waals surface area contributed by atoms with E-state index in [1.807, 2.05) is 24.1 Å². The number of amides is 1. The Labute approximate surface area is 123 Å². The molecular formula is C14H18Cl2N2O. The van der Waals surface area contributed by atoms with Crippen LogP contribution in [0.2, 0.25) is 10.0 Å². The maximum atomic E-state index is 12.1. The van der Waals surface area contributed by atoms with Crippen LogP contribution in [0.3, 0.4) is 0 Å². The molecule has 1 unspecified atom stereocenters. The first kappa shape index (κ1) is 14.6. The molecule has 0 bridgehead atoms. The zero-order chi connectivity index (χ0) is 13.8. The van der Waals surface area contributed by atoms with Crippen molar-refractivity contribution in [3.63, 3.8) is 0 Å². The predicted molar refractivity (Wildman–Crippen MR) is 78.8 cm³/mol. The number of carbonyl (C=O) groups is 1. The van der Waals surface area contributed by atoms with Crippen LogP contribution < -0.4 is 5.32 Å². The normalized spacial score (nSPS) is 18.6. The first-order valence-corrected chi connectivity index (χ1v) is 7.24. The molecule has 19 heavy (non-hydrogen) atoms. The molecule has 2 rings (SSSR count). The molecule has 1 fully saturated rings. The number of aryl methyl sites for hydroxylation is 1. The van der Waals surface area contributed by atoms with Crippen LogP contribution in [0.1, 0.15) is 18.4 Å². The minimum absolute atomic E-state index is 0.157. The van der Waals surface area contributed by atoms with Crippen LogP contribution >= 0.6 is 23.2 Å². The second kappa shape index (κ2) is 6.60. The summed E-state index contributed by atoms with van der Waals surface area (Å²) in [5.41, 5.74) is 0.931. The number of hydrogen-bond acceptors (Lipinski definition) is 2. The predicted octanol–water partition coefficient (Wildman–Crippen LogP) is 2.75.